The third kappa shape index (κ3) is 5.71. The number of benzene rings is 3. The highest BCUT2D eigenvalue weighted by atomic mass is 19.1. The summed E-state index contributed by atoms with van der Waals surface area (Å²) in [6.07, 6.45) is 3.70. The second kappa shape index (κ2) is 12.8. The van der Waals surface area contributed by atoms with Crippen molar-refractivity contribution in [3.63, 3.8) is 0 Å². The number of aromatic nitrogens is 2. The van der Waals surface area contributed by atoms with E-state index >= 15 is 0 Å². The Bertz CT molecular complexity index is 1930. The number of ether oxygens (including phenoxy) is 2. The molecule has 0 spiro atoms. The van der Waals surface area contributed by atoms with Gasteiger partial charge in [0, 0.05) is 36.6 Å². The van der Waals surface area contributed by atoms with Gasteiger partial charge in [0.25, 0.3) is 5.91 Å². The minimum atomic E-state index is -1.05. The van der Waals surface area contributed by atoms with E-state index in [0.29, 0.717) is 47.6 Å². The van der Waals surface area contributed by atoms with Gasteiger partial charge in [-0.25, -0.2) is 8.78 Å². The third-order valence-electron chi connectivity index (χ3n) is 9.66. The molecule has 3 aromatic carbocycles. The highest BCUT2D eigenvalue weighted by molar-refractivity contribution is 6.04. The molecule has 4 heterocycles. The van der Waals surface area contributed by atoms with Gasteiger partial charge in [0.15, 0.2) is 5.83 Å². The number of likely N-dealkylation sites (N-methyl/N-ethyl adjacent to an activating group) is 1. The molecule has 242 valence electrons. The Kier molecular flexibility index (Phi) is 8.37. The molecule has 0 radical (unpaired) electrons. The van der Waals surface area contributed by atoms with Crippen LogP contribution in [0.3, 0.4) is 0 Å². The van der Waals surface area contributed by atoms with Crippen LogP contribution in [-0.4, -0.2) is 84.2 Å². The SMILES string of the molecule is C=C(F)C(=O)N1CCN(c2nc(OC[C@@H]3CCCN3C)nc3cc(-c4ccc(F)c5ccccc45)c4c(c23)OCCC4)C[C@@H]1CC#N. The Balaban J connectivity index is 1.39. The Hall–Kier alpha value is -4.82. The van der Waals surface area contributed by atoms with Crippen molar-refractivity contribution < 1.29 is 23.0 Å². The number of carbonyl (C=O) groups excluding carboxylic acids is 1. The van der Waals surface area contributed by atoms with Crippen LogP contribution in [-0.2, 0) is 11.2 Å². The van der Waals surface area contributed by atoms with Crippen LogP contribution >= 0.6 is 0 Å². The first kappa shape index (κ1) is 30.8. The van der Waals surface area contributed by atoms with Gasteiger partial charge in [-0.15, -0.1) is 0 Å². The number of amides is 1. The zero-order valence-corrected chi connectivity index (χ0v) is 26.3. The Morgan fingerprint density at radius 2 is 1.94 bits per heavy atom. The average molecular weight is 639 g/mol. The van der Waals surface area contributed by atoms with E-state index in [1.54, 1.807) is 6.07 Å². The molecule has 3 aliphatic rings. The smallest absolute Gasteiger partial charge is 0.319 e. The van der Waals surface area contributed by atoms with E-state index in [-0.39, 0.29) is 37.4 Å². The Morgan fingerprint density at radius 1 is 1.11 bits per heavy atom. The lowest BCUT2D eigenvalue weighted by Gasteiger charge is -2.41. The van der Waals surface area contributed by atoms with Gasteiger partial charge in [-0.2, -0.15) is 15.2 Å². The maximum atomic E-state index is 14.9. The van der Waals surface area contributed by atoms with Crippen molar-refractivity contribution in [3.05, 3.63) is 66.3 Å². The van der Waals surface area contributed by atoms with E-state index in [4.69, 9.17) is 19.4 Å². The van der Waals surface area contributed by atoms with Crippen LogP contribution in [0.25, 0.3) is 32.8 Å². The predicted molar refractivity (Wildman–Crippen MR) is 176 cm³/mol. The molecule has 0 unspecified atom stereocenters. The first-order valence-corrected chi connectivity index (χ1v) is 16.1. The Labute approximate surface area is 272 Å². The summed E-state index contributed by atoms with van der Waals surface area (Å²) in [5, 5.41) is 11.6. The number of hydrogen-bond donors (Lipinski definition) is 0. The van der Waals surface area contributed by atoms with Gasteiger partial charge in [0.1, 0.15) is 24.0 Å². The molecule has 47 heavy (non-hydrogen) atoms. The van der Waals surface area contributed by atoms with Gasteiger partial charge < -0.3 is 24.2 Å². The Morgan fingerprint density at radius 3 is 2.70 bits per heavy atom. The fourth-order valence-corrected chi connectivity index (χ4v) is 7.24. The molecule has 1 amide bonds. The largest absolute Gasteiger partial charge is 0.492 e. The number of anilines is 1. The van der Waals surface area contributed by atoms with Gasteiger partial charge in [0.2, 0.25) is 0 Å². The minimum absolute atomic E-state index is 0.0201. The molecule has 0 saturated carbocycles. The molecule has 3 aliphatic heterocycles. The third-order valence-corrected chi connectivity index (χ3v) is 9.66. The summed E-state index contributed by atoms with van der Waals surface area (Å²) in [5.41, 5.74) is 3.39. The topological polar surface area (TPSA) is 94.8 Å². The lowest BCUT2D eigenvalue weighted by molar-refractivity contribution is -0.131. The first-order chi connectivity index (χ1) is 22.8. The van der Waals surface area contributed by atoms with Crippen LogP contribution in [0.4, 0.5) is 14.6 Å². The van der Waals surface area contributed by atoms with E-state index < -0.39 is 17.8 Å². The summed E-state index contributed by atoms with van der Waals surface area (Å²) in [4.78, 5) is 28.2. The zero-order valence-electron chi connectivity index (χ0n) is 26.3. The highest BCUT2D eigenvalue weighted by Gasteiger charge is 2.35. The summed E-state index contributed by atoms with van der Waals surface area (Å²) in [7, 11) is 2.08. The minimum Gasteiger partial charge on any atom is -0.492 e. The predicted octanol–water partition coefficient (Wildman–Crippen LogP) is 5.80. The van der Waals surface area contributed by atoms with E-state index in [2.05, 4.69) is 24.6 Å². The average Bonchev–Trinajstić information content (AvgIpc) is 3.51. The molecule has 11 heteroatoms. The number of carbonyl (C=O) groups is 1. The molecular formula is C36H36F2N6O3. The number of piperazine rings is 1. The van der Waals surface area contributed by atoms with E-state index in [9.17, 15) is 18.8 Å². The molecule has 7 rings (SSSR count). The van der Waals surface area contributed by atoms with Crippen molar-refractivity contribution in [1.29, 1.82) is 5.26 Å². The van der Waals surface area contributed by atoms with Gasteiger partial charge in [-0.1, -0.05) is 36.9 Å². The molecule has 0 N–H and O–H groups in total. The van der Waals surface area contributed by atoms with Crippen LogP contribution in [0.1, 0.15) is 31.2 Å². The fraction of sp³-hybridized carbons (Fsp3) is 0.389. The summed E-state index contributed by atoms with van der Waals surface area (Å²) in [6.45, 7) is 5.91. The standard InChI is InChI=1S/C36H36F2N6O3/c1-22(37)35(45)44-17-16-43(20-23(44)13-14-39)34-32-31(40-36(41-34)47-21-24-7-5-15-42(24)2)19-29(28-10-6-18-46-33(28)32)26-11-12-30(38)27-9-4-3-8-25(26)27/h3-4,8-9,11-12,19,23-24H,1,5-7,10,13,15-18,20-21H2,2H3/t23-,24-/m0/s1. The number of likely N-dealkylation sites (tertiary alicyclic amines) is 1. The quantitative estimate of drug-likeness (QED) is 0.235. The van der Waals surface area contributed by atoms with Gasteiger partial charge in [0.05, 0.1) is 36.0 Å². The molecule has 0 aliphatic carbocycles. The van der Waals surface area contributed by atoms with E-state index in [1.807, 2.05) is 35.2 Å². The molecular weight excluding hydrogens is 602 g/mol. The van der Waals surface area contributed by atoms with Crippen LogP contribution < -0.4 is 14.4 Å². The van der Waals surface area contributed by atoms with Crippen molar-refractivity contribution in [2.45, 2.75) is 44.2 Å². The number of nitrogens with zero attached hydrogens (tertiary/aromatic N) is 6. The summed E-state index contributed by atoms with van der Waals surface area (Å²) >= 11 is 0. The maximum Gasteiger partial charge on any atom is 0.319 e. The van der Waals surface area contributed by atoms with Crippen LogP contribution in [0.2, 0.25) is 0 Å². The van der Waals surface area contributed by atoms with Crippen molar-refractivity contribution in [2.24, 2.45) is 0 Å². The van der Waals surface area contributed by atoms with Crippen LogP contribution in [0.5, 0.6) is 11.8 Å². The summed E-state index contributed by atoms with van der Waals surface area (Å²) in [5.74, 6) is -0.897. The summed E-state index contributed by atoms with van der Waals surface area (Å²) < 4.78 is 41.5. The number of halogens is 2. The van der Waals surface area contributed by atoms with Gasteiger partial charge in [-0.05, 0) is 67.9 Å². The van der Waals surface area contributed by atoms with Crippen molar-refractivity contribution in [2.75, 3.05) is 51.3 Å². The number of fused-ring (bicyclic) bond motifs is 4. The normalized spacial score (nSPS) is 19.8. The lowest BCUT2D eigenvalue weighted by atomic mass is 9.89. The first-order valence-electron chi connectivity index (χ1n) is 16.1. The number of rotatable bonds is 7. The lowest BCUT2D eigenvalue weighted by Crippen LogP contribution is -2.55. The summed E-state index contributed by atoms with van der Waals surface area (Å²) in [6, 6.07) is 14.8. The highest BCUT2D eigenvalue weighted by Crippen LogP contribution is 2.46. The van der Waals surface area contributed by atoms with Crippen molar-refractivity contribution >= 4 is 33.4 Å². The zero-order chi connectivity index (χ0) is 32.7. The van der Waals surface area contributed by atoms with Crippen LogP contribution in [0.15, 0.2) is 54.9 Å². The maximum absolute atomic E-state index is 14.9. The molecule has 2 saturated heterocycles. The van der Waals surface area contributed by atoms with Crippen molar-refractivity contribution in [3.8, 4) is 29.0 Å². The number of hydrogen-bond acceptors (Lipinski definition) is 8. The molecule has 1 aromatic heterocycles. The molecule has 2 fully saturated rings. The fourth-order valence-electron chi connectivity index (χ4n) is 7.24. The van der Waals surface area contributed by atoms with E-state index in [0.717, 1.165) is 54.3 Å². The molecule has 4 aromatic rings. The second-order valence-electron chi connectivity index (χ2n) is 12.5. The second-order valence-corrected chi connectivity index (χ2v) is 12.5. The number of nitriles is 1. The molecule has 0 bridgehead atoms. The van der Waals surface area contributed by atoms with E-state index in [1.165, 1.54) is 11.0 Å². The van der Waals surface area contributed by atoms with Crippen molar-refractivity contribution in [1.82, 2.24) is 19.8 Å². The van der Waals surface area contributed by atoms with Gasteiger partial charge >= 0.3 is 6.01 Å². The monoisotopic (exact) mass is 638 g/mol. The van der Waals surface area contributed by atoms with Gasteiger partial charge in [-0.3, -0.25) is 4.79 Å². The molecule has 2 atom stereocenters. The molecule has 9 nitrogen and oxygen atoms in total. The van der Waals surface area contributed by atoms with Crippen LogP contribution in [0, 0.1) is 17.1 Å².